The van der Waals surface area contributed by atoms with Crippen LogP contribution in [0.2, 0.25) is 0 Å². The van der Waals surface area contributed by atoms with Gasteiger partial charge in [0, 0.05) is 24.0 Å². The van der Waals surface area contributed by atoms with E-state index < -0.39 is 5.91 Å². The number of carbonyl (C=O) groups is 2. The number of nitrogens with one attached hydrogen (secondary N) is 1. The molecule has 0 aliphatic carbocycles. The van der Waals surface area contributed by atoms with Crippen molar-refractivity contribution >= 4 is 17.4 Å². The first kappa shape index (κ1) is 18.7. The molecule has 0 fully saturated rings. The van der Waals surface area contributed by atoms with Crippen LogP contribution in [-0.4, -0.2) is 32.8 Å². The monoisotopic (exact) mass is 414 g/mol. The molecule has 8 heteroatoms. The smallest absolute Gasteiger partial charge is 0.261 e. The van der Waals surface area contributed by atoms with Gasteiger partial charge in [-0.05, 0) is 37.3 Å². The van der Waals surface area contributed by atoms with E-state index in [2.05, 4.69) is 10.4 Å². The van der Waals surface area contributed by atoms with E-state index in [-0.39, 0.29) is 12.6 Å². The SMILES string of the molecule is CC(=O)c1cc2c(cc1NC(=O)c1cnn(-c3ccccc3)c1-n1cccc1)OCO2. The van der Waals surface area contributed by atoms with E-state index in [9.17, 15) is 9.59 Å². The van der Waals surface area contributed by atoms with Crippen LogP contribution in [0.5, 0.6) is 11.5 Å². The van der Waals surface area contributed by atoms with Gasteiger partial charge in [-0.3, -0.25) is 9.59 Å². The molecule has 1 aliphatic heterocycles. The fraction of sp³-hybridized carbons (Fsp3) is 0.0870. The lowest BCUT2D eigenvalue weighted by molar-refractivity contribution is 0.101. The highest BCUT2D eigenvalue weighted by Gasteiger charge is 2.24. The zero-order valence-corrected chi connectivity index (χ0v) is 16.6. The largest absolute Gasteiger partial charge is 0.454 e. The summed E-state index contributed by atoms with van der Waals surface area (Å²) in [6.45, 7) is 1.51. The van der Waals surface area contributed by atoms with Crippen molar-refractivity contribution in [3.05, 3.63) is 84.3 Å². The van der Waals surface area contributed by atoms with Crippen LogP contribution in [0.25, 0.3) is 11.5 Å². The summed E-state index contributed by atoms with van der Waals surface area (Å²) >= 11 is 0. The molecule has 0 unspecified atom stereocenters. The summed E-state index contributed by atoms with van der Waals surface area (Å²) in [4.78, 5) is 25.4. The highest BCUT2D eigenvalue weighted by molar-refractivity contribution is 6.10. The standard InChI is InChI=1S/C23H18N4O4/c1-15(28)17-11-20-21(31-14-30-20)12-19(17)25-22(29)18-13-24-27(16-7-3-2-4-8-16)23(18)26-9-5-6-10-26/h2-13H,14H2,1H3,(H,25,29). The third-order valence-electron chi connectivity index (χ3n) is 4.98. The fourth-order valence-corrected chi connectivity index (χ4v) is 3.51. The second kappa shape index (κ2) is 7.49. The summed E-state index contributed by atoms with van der Waals surface area (Å²) in [6.07, 6.45) is 5.20. The summed E-state index contributed by atoms with van der Waals surface area (Å²) in [7, 11) is 0. The molecule has 0 atom stereocenters. The molecule has 5 rings (SSSR count). The Balaban J connectivity index is 1.57. The van der Waals surface area contributed by atoms with E-state index in [1.807, 2.05) is 59.4 Å². The van der Waals surface area contributed by atoms with Gasteiger partial charge in [-0.25, -0.2) is 4.68 Å². The number of para-hydroxylation sites is 1. The second-order valence-electron chi connectivity index (χ2n) is 6.98. The molecule has 1 amide bonds. The number of Topliss-reactive ketones (excluding diaryl/α,β-unsaturated/α-hetero) is 1. The third kappa shape index (κ3) is 3.33. The molecule has 1 N–H and O–H groups in total. The molecule has 8 nitrogen and oxygen atoms in total. The number of hydrogen-bond acceptors (Lipinski definition) is 5. The summed E-state index contributed by atoms with van der Waals surface area (Å²) in [5, 5.41) is 7.29. The van der Waals surface area contributed by atoms with Crippen LogP contribution in [0.1, 0.15) is 27.6 Å². The molecular weight excluding hydrogens is 396 g/mol. The Morgan fingerprint density at radius 2 is 1.68 bits per heavy atom. The first-order valence-corrected chi connectivity index (χ1v) is 9.64. The Bertz CT molecular complexity index is 1280. The molecule has 0 radical (unpaired) electrons. The van der Waals surface area contributed by atoms with Crippen molar-refractivity contribution in [2.45, 2.75) is 6.92 Å². The number of rotatable bonds is 5. The van der Waals surface area contributed by atoms with Crippen LogP contribution < -0.4 is 14.8 Å². The predicted octanol–water partition coefficient (Wildman–Crippen LogP) is 3.85. The van der Waals surface area contributed by atoms with E-state index in [0.717, 1.165) is 5.69 Å². The maximum atomic E-state index is 13.3. The van der Waals surface area contributed by atoms with Crippen LogP contribution in [0, 0.1) is 0 Å². The number of carbonyl (C=O) groups excluding carboxylic acids is 2. The number of nitrogens with zero attached hydrogens (tertiary/aromatic N) is 3. The topological polar surface area (TPSA) is 87.4 Å². The molecule has 4 aromatic rings. The number of hydrogen-bond donors (Lipinski definition) is 1. The van der Waals surface area contributed by atoms with E-state index in [0.29, 0.717) is 34.1 Å². The maximum absolute atomic E-state index is 13.3. The lowest BCUT2D eigenvalue weighted by Crippen LogP contribution is -2.17. The first-order valence-electron chi connectivity index (χ1n) is 9.64. The molecule has 154 valence electrons. The molecule has 2 aromatic carbocycles. The molecule has 0 saturated heterocycles. The Labute approximate surface area is 177 Å². The Kier molecular flexibility index (Phi) is 4.51. The van der Waals surface area contributed by atoms with E-state index in [1.54, 1.807) is 16.8 Å². The number of fused-ring (bicyclic) bond motifs is 1. The number of amides is 1. The van der Waals surface area contributed by atoms with Gasteiger partial charge in [-0.2, -0.15) is 5.10 Å². The minimum atomic E-state index is -0.396. The van der Waals surface area contributed by atoms with Gasteiger partial charge in [-0.1, -0.05) is 18.2 Å². The summed E-state index contributed by atoms with van der Waals surface area (Å²) < 4.78 is 14.3. The van der Waals surface area contributed by atoms with Crippen LogP contribution in [-0.2, 0) is 0 Å². The lowest BCUT2D eigenvalue weighted by atomic mass is 10.1. The normalized spacial score (nSPS) is 12.0. The van der Waals surface area contributed by atoms with Crippen molar-refractivity contribution in [1.82, 2.24) is 14.3 Å². The van der Waals surface area contributed by atoms with Gasteiger partial charge in [0.25, 0.3) is 5.91 Å². The van der Waals surface area contributed by atoms with Crippen molar-refractivity contribution in [1.29, 1.82) is 0 Å². The molecule has 0 bridgehead atoms. The van der Waals surface area contributed by atoms with Crippen LogP contribution in [0.3, 0.4) is 0 Å². The minimum absolute atomic E-state index is 0.0751. The summed E-state index contributed by atoms with van der Waals surface area (Å²) in [5.74, 6) is 0.948. The third-order valence-corrected chi connectivity index (χ3v) is 4.98. The fourth-order valence-electron chi connectivity index (χ4n) is 3.51. The Morgan fingerprint density at radius 3 is 2.39 bits per heavy atom. The zero-order chi connectivity index (χ0) is 21.4. The van der Waals surface area contributed by atoms with Crippen molar-refractivity contribution in [3.63, 3.8) is 0 Å². The quantitative estimate of drug-likeness (QED) is 0.501. The summed E-state index contributed by atoms with van der Waals surface area (Å²) in [5.41, 5.74) is 1.87. The van der Waals surface area contributed by atoms with Gasteiger partial charge in [-0.15, -0.1) is 0 Å². The van der Waals surface area contributed by atoms with Gasteiger partial charge < -0.3 is 19.4 Å². The number of anilines is 1. The number of benzene rings is 2. The minimum Gasteiger partial charge on any atom is -0.454 e. The molecule has 0 spiro atoms. The molecule has 2 aromatic heterocycles. The van der Waals surface area contributed by atoms with Gasteiger partial charge >= 0.3 is 0 Å². The highest BCUT2D eigenvalue weighted by atomic mass is 16.7. The van der Waals surface area contributed by atoms with Gasteiger partial charge in [0.2, 0.25) is 6.79 Å². The van der Waals surface area contributed by atoms with Crippen LogP contribution >= 0.6 is 0 Å². The molecule has 1 aliphatic rings. The first-order chi connectivity index (χ1) is 15.1. The average Bonchev–Trinajstić information content (AvgIpc) is 3.52. The average molecular weight is 414 g/mol. The number of ether oxygens (including phenoxy) is 2. The maximum Gasteiger partial charge on any atom is 0.261 e. The molecule has 3 heterocycles. The predicted molar refractivity (Wildman–Crippen MR) is 113 cm³/mol. The van der Waals surface area contributed by atoms with Crippen molar-refractivity contribution in [3.8, 4) is 23.0 Å². The van der Waals surface area contributed by atoms with Gasteiger partial charge in [0.05, 0.1) is 17.6 Å². The van der Waals surface area contributed by atoms with Crippen LogP contribution in [0.15, 0.2) is 73.2 Å². The zero-order valence-electron chi connectivity index (χ0n) is 16.6. The van der Waals surface area contributed by atoms with E-state index in [4.69, 9.17) is 9.47 Å². The van der Waals surface area contributed by atoms with Gasteiger partial charge in [0.1, 0.15) is 5.56 Å². The second-order valence-corrected chi connectivity index (χ2v) is 6.98. The Morgan fingerprint density at radius 1 is 0.968 bits per heavy atom. The molecular formula is C23H18N4O4. The number of aromatic nitrogens is 3. The molecule has 0 saturated carbocycles. The Hall–Kier alpha value is -4.33. The lowest BCUT2D eigenvalue weighted by Gasteiger charge is -2.13. The van der Waals surface area contributed by atoms with Crippen molar-refractivity contribution in [2.24, 2.45) is 0 Å². The highest BCUT2D eigenvalue weighted by Crippen LogP contribution is 2.37. The van der Waals surface area contributed by atoms with Crippen LogP contribution in [0.4, 0.5) is 5.69 Å². The van der Waals surface area contributed by atoms with E-state index in [1.165, 1.54) is 13.1 Å². The van der Waals surface area contributed by atoms with Gasteiger partial charge in [0.15, 0.2) is 23.1 Å². The van der Waals surface area contributed by atoms with Crippen molar-refractivity contribution in [2.75, 3.05) is 12.1 Å². The van der Waals surface area contributed by atoms with E-state index >= 15 is 0 Å². The summed E-state index contributed by atoms with van der Waals surface area (Å²) in [6, 6.07) is 16.5. The molecule has 31 heavy (non-hydrogen) atoms. The van der Waals surface area contributed by atoms with Crippen molar-refractivity contribution < 1.29 is 19.1 Å². The number of ketones is 1.